The first-order valence-corrected chi connectivity index (χ1v) is 7.02. The van der Waals surface area contributed by atoms with E-state index in [0.29, 0.717) is 11.1 Å². The summed E-state index contributed by atoms with van der Waals surface area (Å²) >= 11 is 3.22. The molecule has 21 heavy (non-hydrogen) atoms. The van der Waals surface area contributed by atoms with Gasteiger partial charge in [0.05, 0.1) is 12.0 Å². The van der Waals surface area contributed by atoms with Crippen molar-refractivity contribution in [3.8, 4) is 17.2 Å². The molecule has 0 fully saturated rings. The van der Waals surface area contributed by atoms with Crippen LogP contribution in [-0.2, 0) is 5.33 Å². The Bertz CT molecular complexity index is 678. The Morgan fingerprint density at radius 2 is 2.00 bits per heavy atom. The zero-order valence-electron chi connectivity index (χ0n) is 11.0. The highest BCUT2D eigenvalue weighted by atomic mass is 79.9. The summed E-state index contributed by atoms with van der Waals surface area (Å²) in [6.07, 6.45) is 0. The molecule has 0 aromatic heterocycles. The molecular weight excluding hydrogens is 345 g/mol. The molecule has 0 radical (unpaired) electrons. The van der Waals surface area contributed by atoms with E-state index in [1.165, 1.54) is 37.4 Å². The summed E-state index contributed by atoms with van der Waals surface area (Å²) in [5.41, 5.74) is 0.472. The van der Waals surface area contributed by atoms with E-state index in [2.05, 4.69) is 15.9 Å². The van der Waals surface area contributed by atoms with Gasteiger partial charge in [0.1, 0.15) is 5.75 Å². The van der Waals surface area contributed by atoms with Crippen LogP contribution in [0.15, 0.2) is 36.4 Å². The lowest BCUT2D eigenvalue weighted by Crippen LogP contribution is -1.96. The Morgan fingerprint density at radius 3 is 2.57 bits per heavy atom. The fraction of sp³-hybridized carbons (Fsp3) is 0.143. The van der Waals surface area contributed by atoms with E-state index >= 15 is 0 Å². The molecule has 0 unspecified atom stereocenters. The van der Waals surface area contributed by atoms with Crippen LogP contribution in [0.3, 0.4) is 0 Å². The van der Waals surface area contributed by atoms with Gasteiger partial charge in [-0.2, -0.15) is 0 Å². The molecule has 2 rings (SSSR count). The summed E-state index contributed by atoms with van der Waals surface area (Å²) < 4.78 is 24.2. The fourth-order valence-corrected chi connectivity index (χ4v) is 2.03. The number of nitrogens with zero attached hydrogens (tertiary/aromatic N) is 1. The van der Waals surface area contributed by atoms with Crippen LogP contribution in [0, 0.1) is 15.9 Å². The second kappa shape index (κ2) is 6.53. The molecule has 0 bridgehead atoms. The lowest BCUT2D eigenvalue weighted by atomic mass is 10.2. The molecule has 0 spiro atoms. The van der Waals surface area contributed by atoms with Gasteiger partial charge in [0, 0.05) is 17.5 Å². The number of hydrogen-bond acceptors (Lipinski definition) is 4. The van der Waals surface area contributed by atoms with Crippen LogP contribution < -0.4 is 9.47 Å². The van der Waals surface area contributed by atoms with Crippen LogP contribution in [-0.4, -0.2) is 12.0 Å². The van der Waals surface area contributed by atoms with E-state index in [-0.39, 0.29) is 17.2 Å². The van der Waals surface area contributed by atoms with Gasteiger partial charge >= 0.3 is 5.69 Å². The largest absolute Gasteiger partial charge is 0.497 e. The van der Waals surface area contributed by atoms with Crippen LogP contribution >= 0.6 is 15.9 Å². The number of ether oxygens (including phenoxy) is 2. The average Bonchev–Trinajstić information content (AvgIpc) is 2.48. The first-order chi connectivity index (χ1) is 10.0. The summed E-state index contributed by atoms with van der Waals surface area (Å²) in [5.74, 6) is -0.377. The van der Waals surface area contributed by atoms with Crippen LogP contribution in [0.4, 0.5) is 10.1 Å². The highest BCUT2D eigenvalue weighted by Crippen LogP contribution is 2.35. The number of nitro benzene ring substituents is 1. The Balaban J connectivity index is 2.40. The normalized spacial score (nSPS) is 10.2. The van der Waals surface area contributed by atoms with Crippen LogP contribution in [0.2, 0.25) is 0 Å². The van der Waals surface area contributed by atoms with Crippen molar-refractivity contribution in [3.63, 3.8) is 0 Å². The lowest BCUT2D eigenvalue weighted by Gasteiger charge is -2.09. The van der Waals surface area contributed by atoms with Gasteiger partial charge in [-0.3, -0.25) is 10.1 Å². The lowest BCUT2D eigenvalue weighted by molar-refractivity contribution is -0.385. The predicted octanol–water partition coefficient (Wildman–Crippen LogP) is 4.43. The van der Waals surface area contributed by atoms with Crippen molar-refractivity contribution in [1.29, 1.82) is 0 Å². The monoisotopic (exact) mass is 355 g/mol. The van der Waals surface area contributed by atoms with E-state index in [0.717, 1.165) is 5.56 Å². The van der Waals surface area contributed by atoms with Crippen LogP contribution in [0.5, 0.6) is 17.2 Å². The van der Waals surface area contributed by atoms with Gasteiger partial charge < -0.3 is 9.47 Å². The molecule has 2 aromatic rings. The Labute approximate surface area is 128 Å². The van der Waals surface area contributed by atoms with Gasteiger partial charge in [0.25, 0.3) is 0 Å². The minimum Gasteiger partial charge on any atom is -0.497 e. The molecule has 7 heteroatoms. The summed E-state index contributed by atoms with van der Waals surface area (Å²) in [4.78, 5) is 10.4. The van der Waals surface area contributed by atoms with Crippen molar-refractivity contribution >= 4 is 21.6 Å². The second-order valence-corrected chi connectivity index (χ2v) is 4.65. The van der Waals surface area contributed by atoms with Gasteiger partial charge in [0.15, 0.2) is 11.6 Å². The zero-order valence-corrected chi connectivity index (χ0v) is 12.6. The highest BCUT2D eigenvalue weighted by molar-refractivity contribution is 9.08. The van der Waals surface area contributed by atoms with Crippen molar-refractivity contribution in [3.05, 3.63) is 57.9 Å². The second-order valence-electron chi connectivity index (χ2n) is 4.09. The number of alkyl halides is 1. The smallest absolute Gasteiger partial charge is 0.311 e. The minimum absolute atomic E-state index is 0.0788. The molecule has 0 aliphatic rings. The number of halogens is 2. The Hall–Kier alpha value is -2.15. The molecule has 0 saturated carbocycles. The van der Waals surface area contributed by atoms with Crippen LogP contribution in [0.25, 0.3) is 0 Å². The number of benzene rings is 2. The fourth-order valence-electron chi connectivity index (χ4n) is 1.68. The highest BCUT2D eigenvalue weighted by Gasteiger charge is 2.18. The van der Waals surface area contributed by atoms with Gasteiger partial charge in [-0.05, 0) is 23.8 Å². The van der Waals surface area contributed by atoms with Gasteiger partial charge in [-0.15, -0.1) is 0 Å². The van der Waals surface area contributed by atoms with E-state index in [9.17, 15) is 14.5 Å². The molecule has 110 valence electrons. The van der Waals surface area contributed by atoms with E-state index in [1.807, 2.05) is 0 Å². The quantitative estimate of drug-likeness (QED) is 0.452. The molecule has 0 atom stereocenters. The summed E-state index contributed by atoms with van der Waals surface area (Å²) in [7, 11) is 1.43. The van der Waals surface area contributed by atoms with Crippen molar-refractivity contribution < 1.29 is 18.8 Å². The first kappa shape index (κ1) is 15.2. The zero-order chi connectivity index (χ0) is 15.4. The maximum Gasteiger partial charge on any atom is 0.311 e. The Kier molecular flexibility index (Phi) is 4.74. The van der Waals surface area contributed by atoms with E-state index in [1.54, 1.807) is 6.07 Å². The molecule has 0 aliphatic heterocycles. The number of nitro groups is 1. The first-order valence-electron chi connectivity index (χ1n) is 5.90. The number of rotatable bonds is 5. The van der Waals surface area contributed by atoms with Crippen molar-refractivity contribution in [2.45, 2.75) is 5.33 Å². The molecule has 2 aromatic carbocycles. The molecule has 0 amide bonds. The average molecular weight is 356 g/mol. The predicted molar refractivity (Wildman–Crippen MR) is 78.8 cm³/mol. The standard InChI is InChI=1S/C14H11BrFNO4/c1-20-10-3-4-12(17(18)19)14(7-10)21-13-5-2-9(8-15)6-11(13)16/h2-7H,8H2,1H3. The maximum absolute atomic E-state index is 13.9. The minimum atomic E-state index is -0.598. The maximum atomic E-state index is 13.9. The molecule has 0 saturated heterocycles. The van der Waals surface area contributed by atoms with Crippen molar-refractivity contribution in [2.75, 3.05) is 7.11 Å². The molecule has 0 aliphatic carbocycles. The van der Waals surface area contributed by atoms with Gasteiger partial charge in [-0.1, -0.05) is 22.0 Å². The topological polar surface area (TPSA) is 61.6 Å². The Morgan fingerprint density at radius 1 is 1.24 bits per heavy atom. The van der Waals surface area contributed by atoms with E-state index in [4.69, 9.17) is 9.47 Å². The molecule has 0 heterocycles. The SMILES string of the molecule is COc1ccc([N+](=O)[O-])c(Oc2ccc(CBr)cc2F)c1. The molecule has 0 N–H and O–H groups in total. The number of hydrogen-bond donors (Lipinski definition) is 0. The van der Waals surface area contributed by atoms with E-state index < -0.39 is 10.7 Å². The number of methoxy groups -OCH3 is 1. The summed E-state index contributed by atoms with van der Waals surface area (Å²) in [6, 6.07) is 8.43. The summed E-state index contributed by atoms with van der Waals surface area (Å²) in [5, 5.41) is 11.5. The van der Waals surface area contributed by atoms with Crippen molar-refractivity contribution in [1.82, 2.24) is 0 Å². The van der Waals surface area contributed by atoms with Gasteiger partial charge in [0.2, 0.25) is 5.75 Å². The molecular formula is C14H11BrFNO4. The van der Waals surface area contributed by atoms with Crippen molar-refractivity contribution in [2.24, 2.45) is 0 Å². The third kappa shape index (κ3) is 3.49. The third-order valence-corrected chi connectivity index (χ3v) is 3.38. The van der Waals surface area contributed by atoms with Crippen LogP contribution in [0.1, 0.15) is 5.56 Å². The summed E-state index contributed by atoms with van der Waals surface area (Å²) in [6.45, 7) is 0. The third-order valence-electron chi connectivity index (χ3n) is 2.73. The van der Waals surface area contributed by atoms with Gasteiger partial charge in [-0.25, -0.2) is 4.39 Å². The molecule has 5 nitrogen and oxygen atoms in total.